The number of hydrazine groups is 1. The first-order valence-electron chi connectivity index (χ1n) is 7.67. The maximum absolute atomic E-state index is 12.2. The number of carbonyl (C=O) groups is 1. The number of nitrogens with zero attached hydrogens (tertiary/aromatic N) is 3. The zero-order valence-corrected chi connectivity index (χ0v) is 13.9. The summed E-state index contributed by atoms with van der Waals surface area (Å²) in [6, 6.07) is 12.2. The second-order valence-electron chi connectivity index (χ2n) is 5.37. The third-order valence-corrected chi connectivity index (χ3v) is 3.26. The zero-order valence-electron chi connectivity index (χ0n) is 13.9. The molecule has 0 aliphatic rings. The Labute approximate surface area is 145 Å². The van der Waals surface area contributed by atoms with Crippen molar-refractivity contribution in [1.29, 1.82) is 0 Å². The van der Waals surface area contributed by atoms with Crippen LogP contribution in [0.2, 0.25) is 0 Å². The van der Waals surface area contributed by atoms with Gasteiger partial charge in [-0.2, -0.15) is 0 Å². The van der Waals surface area contributed by atoms with Crippen LogP contribution in [0.5, 0.6) is 11.5 Å². The first-order chi connectivity index (χ1) is 12.1. The highest BCUT2D eigenvalue weighted by atomic mass is 16.5. The fraction of sp³-hybridized carbons (Fsp3) is 0.111. The minimum Gasteiger partial charge on any atom is -0.456 e. The molecule has 0 aliphatic carbocycles. The van der Waals surface area contributed by atoms with Crippen molar-refractivity contribution in [2.24, 2.45) is 0 Å². The fourth-order valence-corrected chi connectivity index (χ4v) is 2.18. The zero-order chi connectivity index (χ0) is 17.6. The number of hydrogen-bond donors (Lipinski definition) is 2. The van der Waals surface area contributed by atoms with E-state index in [2.05, 4.69) is 25.8 Å². The molecular formula is C18H17N5O2. The molecule has 0 aliphatic heterocycles. The van der Waals surface area contributed by atoms with Gasteiger partial charge in [0.25, 0.3) is 5.91 Å². The molecule has 25 heavy (non-hydrogen) atoms. The van der Waals surface area contributed by atoms with Gasteiger partial charge in [-0.25, -0.2) is 9.97 Å². The summed E-state index contributed by atoms with van der Waals surface area (Å²) in [4.78, 5) is 24.6. The molecule has 3 rings (SSSR count). The van der Waals surface area contributed by atoms with Gasteiger partial charge in [0.1, 0.15) is 11.5 Å². The van der Waals surface area contributed by atoms with Gasteiger partial charge in [0, 0.05) is 23.1 Å². The Hall–Kier alpha value is -3.48. The van der Waals surface area contributed by atoms with E-state index in [1.165, 1.54) is 0 Å². The van der Waals surface area contributed by atoms with E-state index in [-0.39, 0.29) is 5.91 Å². The van der Waals surface area contributed by atoms with Gasteiger partial charge >= 0.3 is 0 Å². The van der Waals surface area contributed by atoms with E-state index < -0.39 is 0 Å². The number of carbonyl (C=O) groups excluding carboxylic acids is 1. The van der Waals surface area contributed by atoms with Crippen LogP contribution in [0.25, 0.3) is 0 Å². The molecule has 0 saturated heterocycles. The molecule has 2 N–H and O–H groups in total. The van der Waals surface area contributed by atoms with Crippen molar-refractivity contribution < 1.29 is 9.53 Å². The molecule has 7 heteroatoms. The lowest BCUT2D eigenvalue weighted by Gasteiger charge is -2.09. The quantitative estimate of drug-likeness (QED) is 0.697. The van der Waals surface area contributed by atoms with Gasteiger partial charge in [-0.3, -0.25) is 20.6 Å². The van der Waals surface area contributed by atoms with Crippen LogP contribution >= 0.6 is 0 Å². The molecule has 0 radical (unpaired) electrons. The number of hydrogen-bond acceptors (Lipinski definition) is 6. The van der Waals surface area contributed by atoms with Crippen molar-refractivity contribution in [3.05, 3.63) is 71.8 Å². The molecule has 0 bridgehead atoms. The summed E-state index contributed by atoms with van der Waals surface area (Å²) in [6.45, 7) is 3.73. The Bertz CT molecular complexity index is 846. The minimum absolute atomic E-state index is 0.296. The highest BCUT2D eigenvalue weighted by molar-refractivity contribution is 5.94. The van der Waals surface area contributed by atoms with Crippen molar-refractivity contribution in [3.63, 3.8) is 0 Å². The molecule has 0 fully saturated rings. The van der Waals surface area contributed by atoms with Crippen LogP contribution in [0.3, 0.4) is 0 Å². The average Bonchev–Trinajstić information content (AvgIpc) is 2.60. The number of benzene rings is 1. The summed E-state index contributed by atoms with van der Waals surface area (Å²) in [7, 11) is 0. The minimum atomic E-state index is -0.296. The SMILES string of the molecule is Cc1cc(C)nc(NNC(=O)c2ccc(Oc3cccnc3)cc2)n1. The standard InChI is InChI=1S/C18H17N5O2/c1-12-10-13(2)21-18(20-12)23-22-17(24)14-5-7-15(8-6-14)25-16-4-3-9-19-11-16/h3-11H,1-2H3,(H,22,24)(H,20,21,23). The smallest absolute Gasteiger partial charge is 0.269 e. The third kappa shape index (κ3) is 4.51. The summed E-state index contributed by atoms with van der Waals surface area (Å²) in [5, 5.41) is 0. The molecule has 7 nitrogen and oxygen atoms in total. The van der Waals surface area contributed by atoms with E-state index in [0.717, 1.165) is 11.4 Å². The molecule has 1 amide bonds. The van der Waals surface area contributed by atoms with E-state index >= 15 is 0 Å². The number of aryl methyl sites for hydroxylation is 2. The monoisotopic (exact) mass is 335 g/mol. The Kier molecular flexibility index (Phi) is 4.84. The summed E-state index contributed by atoms with van der Waals surface area (Å²) in [5.41, 5.74) is 7.41. The highest BCUT2D eigenvalue weighted by Gasteiger charge is 2.07. The van der Waals surface area contributed by atoms with Gasteiger partial charge in [0.05, 0.1) is 6.20 Å². The molecule has 2 heterocycles. The van der Waals surface area contributed by atoms with Gasteiger partial charge in [0.2, 0.25) is 5.95 Å². The number of rotatable bonds is 5. The van der Waals surface area contributed by atoms with E-state index in [1.807, 2.05) is 19.9 Å². The van der Waals surface area contributed by atoms with Gasteiger partial charge in [-0.1, -0.05) is 0 Å². The van der Waals surface area contributed by atoms with E-state index in [9.17, 15) is 4.79 Å². The van der Waals surface area contributed by atoms with Crippen LogP contribution < -0.4 is 15.6 Å². The molecule has 126 valence electrons. The average molecular weight is 335 g/mol. The second kappa shape index (κ2) is 7.39. The normalized spacial score (nSPS) is 10.2. The summed E-state index contributed by atoms with van der Waals surface area (Å²) >= 11 is 0. The van der Waals surface area contributed by atoms with Crippen LogP contribution in [0.4, 0.5) is 5.95 Å². The number of aromatic nitrogens is 3. The van der Waals surface area contributed by atoms with Crippen molar-refractivity contribution in [2.45, 2.75) is 13.8 Å². The lowest BCUT2D eigenvalue weighted by molar-refractivity contribution is 0.0962. The Balaban J connectivity index is 1.60. The van der Waals surface area contributed by atoms with Crippen molar-refractivity contribution in [2.75, 3.05) is 5.43 Å². The largest absolute Gasteiger partial charge is 0.456 e. The molecule has 1 aromatic carbocycles. The summed E-state index contributed by atoms with van der Waals surface area (Å²) in [6.07, 6.45) is 3.29. The Morgan fingerprint density at radius 1 is 1.00 bits per heavy atom. The van der Waals surface area contributed by atoms with E-state index in [4.69, 9.17) is 4.74 Å². The van der Waals surface area contributed by atoms with Crippen LogP contribution in [0.15, 0.2) is 54.9 Å². The van der Waals surface area contributed by atoms with Crippen molar-refractivity contribution in [1.82, 2.24) is 20.4 Å². The van der Waals surface area contributed by atoms with Gasteiger partial charge in [0.15, 0.2) is 0 Å². The van der Waals surface area contributed by atoms with Crippen LogP contribution in [0.1, 0.15) is 21.7 Å². The predicted octanol–water partition coefficient (Wildman–Crippen LogP) is 3.04. The lowest BCUT2D eigenvalue weighted by atomic mass is 10.2. The number of ether oxygens (including phenoxy) is 1. The van der Waals surface area contributed by atoms with Gasteiger partial charge in [-0.05, 0) is 56.3 Å². The Morgan fingerprint density at radius 2 is 1.72 bits per heavy atom. The van der Waals surface area contributed by atoms with Crippen molar-refractivity contribution >= 4 is 11.9 Å². The number of pyridine rings is 1. The van der Waals surface area contributed by atoms with Gasteiger partial charge < -0.3 is 4.74 Å². The van der Waals surface area contributed by atoms with Crippen molar-refractivity contribution in [3.8, 4) is 11.5 Å². The predicted molar refractivity (Wildman–Crippen MR) is 93.3 cm³/mol. The van der Waals surface area contributed by atoms with Crippen LogP contribution in [0, 0.1) is 13.8 Å². The third-order valence-electron chi connectivity index (χ3n) is 3.26. The second-order valence-corrected chi connectivity index (χ2v) is 5.37. The van der Waals surface area contributed by atoms with E-state index in [0.29, 0.717) is 23.0 Å². The Morgan fingerprint density at radius 3 is 2.36 bits per heavy atom. The fourth-order valence-electron chi connectivity index (χ4n) is 2.18. The maximum Gasteiger partial charge on any atom is 0.269 e. The number of nitrogens with one attached hydrogen (secondary N) is 2. The molecular weight excluding hydrogens is 318 g/mol. The molecule has 3 aromatic rings. The van der Waals surface area contributed by atoms with Crippen LogP contribution in [-0.4, -0.2) is 20.9 Å². The van der Waals surface area contributed by atoms with Crippen LogP contribution in [-0.2, 0) is 0 Å². The van der Waals surface area contributed by atoms with E-state index in [1.54, 1.807) is 48.8 Å². The molecule has 2 aromatic heterocycles. The first kappa shape index (κ1) is 16.4. The molecule has 0 atom stereocenters. The topological polar surface area (TPSA) is 89.0 Å². The number of anilines is 1. The first-order valence-corrected chi connectivity index (χ1v) is 7.67. The molecule has 0 saturated carbocycles. The van der Waals surface area contributed by atoms with Gasteiger partial charge in [-0.15, -0.1) is 0 Å². The maximum atomic E-state index is 12.2. The summed E-state index contributed by atoms with van der Waals surface area (Å²) < 4.78 is 5.64. The summed E-state index contributed by atoms with van der Waals surface area (Å²) in [5.74, 6) is 1.31. The highest BCUT2D eigenvalue weighted by Crippen LogP contribution is 2.20. The number of amides is 1. The molecule has 0 unspecified atom stereocenters. The lowest BCUT2D eigenvalue weighted by Crippen LogP contribution is -2.30. The molecule has 0 spiro atoms.